The lowest BCUT2D eigenvalue weighted by Crippen LogP contribution is -2.21. The second kappa shape index (κ2) is 5.37. The Morgan fingerprint density at radius 1 is 1.05 bits per heavy atom. The van der Waals surface area contributed by atoms with Crippen LogP contribution in [-0.4, -0.2) is 28.0 Å². The average Bonchev–Trinajstić information content (AvgIpc) is 2.95. The van der Waals surface area contributed by atoms with E-state index in [0.29, 0.717) is 11.8 Å². The maximum absolute atomic E-state index is 6.08. The molecule has 0 spiro atoms. The monoisotopic (exact) mass is 288 g/mol. The molecule has 0 unspecified atom stereocenters. The van der Waals surface area contributed by atoms with Crippen LogP contribution in [0.2, 0.25) is 5.28 Å². The lowest BCUT2D eigenvalue weighted by molar-refractivity contribution is 0.882. The van der Waals surface area contributed by atoms with E-state index in [1.54, 1.807) is 0 Å². The molecule has 20 heavy (non-hydrogen) atoms. The standard InChI is InChI=1S/C15H17ClN4/c1-10-5-6-11(2)12(9-10)13-17-14(16)19-15(18-13)20-7-3-4-8-20/h5-6,9H,3-4,7-8H2,1-2H3. The van der Waals surface area contributed by atoms with Crippen LogP contribution in [0.4, 0.5) is 5.95 Å². The summed E-state index contributed by atoms with van der Waals surface area (Å²) in [6.07, 6.45) is 2.37. The van der Waals surface area contributed by atoms with Crippen LogP contribution in [-0.2, 0) is 0 Å². The summed E-state index contributed by atoms with van der Waals surface area (Å²) < 4.78 is 0. The van der Waals surface area contributed by atoms with E-state index in [9.17, 15) is 0 Å². The highest BCUT2D eigenvalue weighted by Crippen LogP contribution is 2.25. The highest BCUT2D eigenvalue weighted by atomic mass is 35.5. The Labute approximate surface area is 123 Å². The van der Waals surface area contributed by atoms with Crippen LogP contribution < -0.4 is 4.90 Å². The van der Waals surface area contributed by atoms with Crippen molar-refractivity contribution < 1.29 is 0 Å². The lowest BCUT2D eigenvalue weighted by atomic mass is 10.1. The molecular weight excluding hydrogens is 272 g/mol. The molecule has 2 aromatic rings. The van der Waals surface area contributed by atoms with Gasteiger partial charge in [0, 0.05) is 18.7 Å². The summed E-state index contributed by atoms with van der Waals surface area (Å²) in [6, 6.07) is 6.26. The molecule has 1 aromatic carbocycles. The first kappa shape index (κ1) is 13.3. The third-order valence-corrected chi connectivity index (χ3v) is 3.79. The molecule has 1 saturated heterocycles. The Kier molecular flexibility index (Phi) is 3.57. The van der Waals surface area contributed by atoms with Crippen molar-refractivity contribution in [2.45, 2.75) is 26.7 Å². The number of aryl methyl sites for hydroxylation is 2. The first-order valence-corrected chi connectivity index (χ1v) is 7.25. The van der Waals surface area contributed by atoms with Crippen molar-refractivity contribution in [1.82, 2.24) is 15.0 Å². The molecule has 0 bridgehead atoms. The maximum atomic E-state index is 6.08. The highest BCUT2D eigenvalue weighted by Gasteiger charge is 2.18. The molecule has 0 radical (unpaired) electrons. The Morgan fingerprint density at radius 3 is 2.55 bits per heavy atom. The van der Waals surface area contributed by atoms with Crippen molar-refractivity contribution in [2.24, 2.45) is 0 Å². The van der Waals surface area contributed by atoms with E-state index in [1.807, 2.05) is 0 Å². The minimum Gasteiger partial charge on any atom is -0.341 e. The first-order valence-electron chi connectivity index (χ1n) is 6.87. The molecule has 1 fully saturated rings. The summed E-state index contributed by atoms with van der Waals surface area (Å²) in [5.74, 6) is 1.35. The second-order valence-corrected chi connectivity index (χ2v) is 5.58. The van der Waals surface area contributed by atoms with E-state index in [0.717, 1.165) is 24.2 Å². The summed E-state index contributed by atoms with van der Waals surface area (Å²) in [5.41, 5.74) is 3.35. The molecule has 3 rings (SSSR count). The van der Waals surface area contributed by atoms with Crippen molar-refractivity contribution in [3.05, 3.63) is 34.6 Å². The van der Waals surface area contributed by atoms with Gasteiger partial charge in [0.1, 0.15) is 0 Å². The molecule has 2 heterocycles. The molecular formula is C15H17ClN4. The minimum atomic E-state index is 0.262. The van der Waals surface area contributed by atoms with Gasteiger partial charge in [-0.25, -0.2) is 0 Å². The van der Waals surface area contributed by atoms with Crippen molar-refractivity contribution >= 4 is 17.5 Å². The first-order chi connectivity index (χ1) is 9.63. The number of benzene rings is 1. The van der Waals surface area contributed by atoms with Gasteiger partial charge in [-0.05, 0) is 49.9 Å². The Morgan fingerprint density at radius 2 is 1.80 bits per heavy atom. The molecule has 0 N–H and O–H groups in total. The molecule has 5 heteroatoms. The zero-order valence-electron chi connectivity index (χ0n) is 11.7. The summed E-state index contributed by atoms with van der Waals surface area (Å²) in [7, 11) is 0. The van der Waals surface area contributed by atoms with E-state index in [-0.39, 0.29) is 5.28 Å². The number of nitrogens with zero attached hydrogens (tertiary/aromatic N) is 4. The predicted octanol–water partition coefficient (Wildman–Crippen LogP) is 3.41. The van der Waals surface area contributed by atoms with E-state index in [2.05, 4.69) is 51.9 Å². The number of hydrogen-bond donors (Lipinski definition) is 0. The lowest BCUT2D eigenvalue weighted by Gasteiger charge is -2.16. The summed E-state index contributed by atoms with van der Waals surface area (Å²) >= 11 is 6.08. The molecule has 0 saturated carbocycles. The molecule has 1 aliphatic heterocycles. The fraction of sp³-hybridized carbons (Fsp3) is 0.400. The largest absolute Gasteiger partial charge is 0.341 e. The van der Waals surface area contributed by atoms with Gasteiger partial charge in [-0.2, -0.15) is 15.0 Å². The number of halogens is 1. The predicted molar refractivity (Wildman–Crippen MR) is 81.2 cm³/mol. The van der Waals surface area contributed by atoms with Crippen LogP contribution in [0, 0.1) is 13.8 Å². The highest BCUT2D eigenvalue weighted by molar-refractivity contribution is 6.28. The number of aromatic nitrogens is 3. The van der Waals surface area contributed by atoms with Crippen LogP contribution >= 0.6 is 11.6 Å². The van der Waals surface area contributed by atoms with Gasteiger partial charge in [0.25, 0.3) is 0 Å². The molecule has 0 amide bonds. The van der Waals surface area contributed by atoms with Gasteiger partial charge in [-0.1, -0.05) is 17.7 Å². The van der Waals surface area contributed by atoms with Gasteiger partial charge in [0.15, 0.2) is 5.82 Å². The fourth-order valence-corrected chi connectivity index (χ4v) is 2.65. The zero-order valence-corrected chi connectivity index (χ0v) is 12.5. The molecule has 1 aliphatic rings. The Balaban J connectivity index is 2.06. The van der Waals surface area contributed by atoms with E-state index in [1.165, 1.54) is 18.4 Å². The molecule has 0 atom stereocenters. The van der Waals surface area contributed by atoms with Gasteiger partial charge >= 0.3 is 0 Å². The molecule has 0 aliphatic carbocycles. The number of anilines is 1. The number of hydrogen-bond acceptors (Lipinski definition) is 4. The fourth-order valence-electron chi connectivity index (χ4n) is 2.50. The van der Waals surface area contributed by atoms with E-state index < -0.39 is 0 Å². The van der Waals surface area contributed by atoms with Gasteiger partial charge in [0.05, 0.1) is 0 Å². The minimum absolute atomic E-state index is 0.262. The maximum Gasteiger partial charge on any atom is 0.230 e. The smallest absolute Gasteiger partial charge is 0.230 e. The summed E-state index contributed by atoms with van der Waals surface area (Å²) in [5, 5.41) is 0.262. The normalized spacial score (nSPS) is 14.8. The molecule has 1 aromatic heterocycles. The van der Waals surface area contributed by atoms with Crippen molar-refractivity contribution in [3.8, 4) is 11.4 Å². The molecule has 104 valence electrons. The third-order valence-electron chi connectivity index (χ3n) is 3.62. The third kappa shape index (κ3) is 2.61. The van der Waals surface area contributed by atoms with Crippen LogP contribution in [0.15, 0.2) is 18.2 Å². The van der Waals surface area contributed by atoms with Gasteiger partial charge in [-0.3, -0.25) is 0 Å². The van der Waals surface area contributed by atoms with Crippen molar-refractivity contribution in [3.63, 3.8) is 0 Å². The summed E-state index contributed by atoms with van der Waals surface area (Å²) in [4.78, 5) is 15.3. The Hall–Kier alpha value is -1.68. The van der Waals surface area contributed by atoms with Crippen molar-refractivity contribution in [2.75, 3.05) is 18.0 Å². The van der Waals surface area contributed by atoms with Gasteiger partial charge < -0.3 is 4.90 Å². The van der Waals surface area contributed by atoms with Gasteiger partial charge in [0.2, 0.25) is 11.2 Å². The van der Waals surface area contributed by atoms with Crippen LogP contribution in [0.3, 0.4) is 0 Å². The quantitative estimate of drug-likeness (QED) is 0.849. The Bertz CT molecular complexity index is 636. The average molecular weight is 289 g/mol. The topological polar surface area (TPSA) is 41.9 Å². The van der Waals surface area contributed by atoms with E-state index >= 15 is 0 Å². The zero-order chi connectivity index (χ0) is 14.1. The SMILES string of the molecule is Cc1ccc(C)c(-c2nc(Cl)nc(N3CCCC3)n2)c1. The molecule has 4 nitrogen and oxygen atoms in total. The van der Waals surface area contributed by atoms with Crippen LogP contribution in [0.1, 0.15) is 24.0 Å². The number of rotatable bonds is 2. The second-order valence-electron chi connectivity index (χ2n) is 5.24. The van der Waals surface area contributed by atoms with E-state index in [4.69, 9.17) is 11.6 Å². The van der Waals surface area contributed by atoms with Gasteiger partial charge in [-0.15, -0.1) is 0 Å². The van der Waals surface area contributed by atoms with Crippen molar-refractivity contribution in [1.29, 1.82) is 0 Å². The summed E-state index contributed by atoms with van der Waals surface area (Å²) in [6.45, 7) is 6.11. The van der Waals surface area contributed by atoms with Crippen LogP contribution in [0.5, 0.6) is 0 Å². The van der Waals surface area contributed by atoms with Crippen LogP contribution in [0.25, 0.3) is 11.4 Å².